The Morgan fingerprint density at radius 1 is 1.33 bits per heavy atom. The van der Waals surface area contributed by atoms with E-state index in [4.69, 9.17) is 5.73 Å². The maximum Gasteiger partial charge on any atom is 0.418 e. The van der Waals surface area contributed by atoms with Gasteiger partial charge in [-0.05, 0) is 0 Å². The molecule has 0 spiro atoms. The zero-order chi connectivity index (χ0) is 9.35. The standard InChI is InChI=1S/C6H4F4N2/c7-5-1-3(6(8,9)10)4(11)2-12-5/h1-2H,11H2. The van der Waals surface area contributed by atoms with E-state index in [1.165, 1.54) is 0 Å². The van der Waals surface area contributed by atoms with Crippen molar-refractivity contribution in [2.75, 3.05) is 5.73 Å². The van der Waals surface area contributed by atoms with E-state index in [2.05, 4.69) is 4.98 Å². The average Bonchev–Trinajstić information content (AvgIpc) is 1.92. The van der Waals surface area contributed by atoms with E-state index >= 15 is 0 Å². The minimum atomic E-state index is -4.63. The zero-order valence-electron chi connectivity index (χ0n) is 5.69. The van der Waals surface area contributed by atoms with Crippen LogP contribution in [0.15, 0.2) is 12.3 Å². The molecule has 2 N–H and O–H groups in total. The zero-order valence-corrected chi connectivity index (χ0v) is 5.69. The van der Waals surface area contributed by atoms with Gasteiger partial charge >= 0.3 is 6.18 Å². The summed E-state index contributed by atoms with van der Waals surface area (Å²) in [6.07, 6.45) is -3.99. The quantitative estimate of drug-likeness (QED) is 0.488. The Labute approximate surface area is 65.0 Å². The molecule has 0 aliphatic heterocycles. The molecule has 12 heavy (non-hydrogen) atoms. The van der Waals surface area contributed by atoms with Crippen LogP contribution in [-0.2, 0) is 6.18 Å². The highest BCUT2D eigenvalue weighted by Gasteiger charge is 2.33. The predicted octanol–water partition coefficient (Wildman–Crippen LogP) is 1.82. The Morgan fingerprint density at radius 2 is 1.92 bits per heavy atom. The molecular weight excluding hydrogens is 176 g/mol. The summed E-state index contributed by atoms with van der Waals surface area (Å²) in [6.45, 7) is 0. The summed E-state index contributed by atoms with van der Waals surface area (Å²) in [5, 5.41) is 0. The van der Waals surface area contributed by atoms with Crippen LogP contribution in [-0.4, -0.2) is 4.98 Å². The smallest absolute Gasteiger partial charge is 0.397 e. The molecule has 0 fully saturated rings. The Hall–Kier alpha value is -1.33. The molecule has 0 bridgehead atoms. The molecular formula is C6H4F4N2. The van der Waals surface area contributed by atoms with Crippen molar-refractivity contribution in [1.29, 1.82) is 0 Å². The van der Waals surface area contributed by atoms with E-state index in [9.17, 15) is 17.6 Å². The lowest BCUT2D eigenvalue weighted by Gasteiger charge is -2.08. The molecule has 0 amide bonds. The molecule has 0 aliphatic rings. The fourth-order valence-corrected chi connectivity index (χ4v) is 0.686. The number of hydrogen-bond donors (Lipinski definition) is 1. The molecule has 1 aromatic heterocycles. The number of aromatic nitrogens is 1. The fraction of sp³-hybridized carbons (Fsp3) is 0.167. The van der Waals surface area contributed by atoms with Gasteiger partial charge in [0.2, 0.25) is 5.95 Å². The summed E-state index contributed by atoms with van der Waals surface area (Å²) < 4.78 is 48.1. The highest BCUT2D eigenvalue weighted by molar-refractivity contribution is 5.45. The molecule has 0 atom stereocenters. The second kappa shape index (κ2) is 2.62. The van der Waals surface area contributed by atoms with Crippen LogP contribution in [0.5, 0.6) is 0 Å². The fourth-order valence-electron chi connectivity index (χ4n) is 0.686. The van der Waals surface area contributed by atoms with Crippen molar-refractivity contribution in [3.63, 3.8) is 0 Å². The van der Waals surface area contributed by atoms with Gasteiger partial charge in [-0.15, -0.1) is 0 Å². The normalized spacial score (nSPS) is 11.7. The van der Waals surface area contributed by atoms with E-state index in [0.717, 1.165) is 0 Å². The maximum absolute atomic E-state index is 12.2. The molecule has 6 heteroatoms. The number of nitrogens with two attached hydrogens (primary N) is 1. The molecule has 1 heterocycles. The summed E-state index contributed by atoms with van der Waals surface area (Å²) in [6, 6.07) is 0.259. The number of hydrogen-bond acceptors (Lipinski definition) is 2. The highest BCUT2D eigenvalue weighted by Crippen LogP contribution is 2.32. The topological polar surface area (TPSA) is 38.9 Å². The van der Waals surface area contributed by atoms with Crippen molar-refractivity contribution in [2.24, 2.45) is 0 Å². The van der Waals surface area contributed by atoms with Gasteiger partial charge < -0.3 is 5.73 Å². The average molecular weight is 180 g/mol. The van der Waals surface area contributed by atoms with Gasteiger partial charge in [0.05, 0.1) is 17.4 Å². The number of halogens is 4. The molecule has 0 saturated carbocycles. The SMILES string of the molecule is Nc1cnc(F)cc1C(F)(F)F. The first-order chi connectivity index (χ1) is 5.41. The molecule has 0 saturated heterocycles. The first kappa shape index (κ1) is 8.76. The first-order valence-corrected chi connectivity index (χ1v) is 2.89. The molecule has 0 aromatic carbocycles. The number of anilines is 1. The van der Waals surface area contributed by atoms with Crippen molar-refractivity contribution in [1.82, 2.24) is 4.98 Å². The second-order valence-corrected chi connectivity index (χ2v) is 2.09. The van der Waals surface area contributed by atoms with Crippen molar-refractivity contribution in [3.8, 4) is 0 Å². The predicted molar refractivity (Wildman–Crippen MR) is 33.6 cm³/mol. The third-order valence-electron chi connectivity index (χ3n) is 1.21. The molecule has 0 aliphatic carbocycles. The molecule has 2 nitrogen and oxygen atoms in total. The van der Waals surface area contributed by atoms with Gasteiger partial charge in [-0.1, -0.05) is 0 Å². The van der Waals surface area contributed by atoms with E-state index < -0.39 is 23.4 Å². The third-order valence-corrected chi connectivity index (χ3v) is 1.21. The van der Waals surface area contributed by atoms with Crippen LogP contribution in [0.1, 0.15) is 5.56 Å². The summed E-state index contributed by atoms with van der Waals surface area (Å²) in [7, 11) is 0. The molecule has 0 radical (unpaired) electrons. The summed E-state index contributed by atoms with van der Waals surface area (Å²) in [5.41, 5.74) is 3.15. The Morgan fingerprint density at radius 3 is 2.33 bits per heavy atom. The second-order valence-electron chi connectivity index (χ2n) is 2.09. The van der Waals surface area contributed by atoms with Gasteiger partial charge in [0.1, 0.15) is 0 Å². The summed E-state index contributed by atoms with van der Waals surface area (Å²) >= 11 is 0. The van der Waals surface area contributed by atoms with Crippen molar-refractivity contribution in [2.45, 2.75) is 6.18 Å². The molecule has 1 rings (SSSR count). The van der Waals surface area contributed by atoms with Gasteiger partial charge in [-0.2, -0.15) is 17.6 Å². The van der Waals surface area contributed by atoms with Crippen LogP contribution in [0, 0.1) is 5.95 Å². The van der Waals surface area contributed by atoms with Crippen molar-refractivity contribution >= 4 is 5.69 Å². The molecule has 66 valence electrons. The van der Waals surface area contributed by atoms with Crippen molar-refractivity contribution in [3.05, 3.63) is 23.8 Å². The number of nitrogens with zero attached hydrogens (tertiary/aromatic N) is 1. The Kier molecular flexibility index (Phi) is 1.91. The van der Waals surface area contributed by atoms with Gasteiger partial charge in [0.15, 0.2) is 0 Å². The number of nitrogen functional groups attached to an aromatic ring is 1. The van der Waals surface area contributed by atoms with Crippen LogP contribution in [0.2, 0.25) is 0 Å². The van der Waals surface area contributed by atoms with Gasteiger partial charge in [0.25, 0.3) is 0 Å². The van der Waals surface area contributed by atoms with Gasteiger partial charge in [-0.25, -0.2) is 4.98 Å². The van der Waals surface area contributed by atoms with Crippen LogP contribution in [0.25, 0.3) is 0 Å². The van der Waals surface area contributed by atoms with Crippen molar-refractivity contribution < 1.29 is 17.6 Å². The largest absolute Gasteiger partial charge is 0.418 e. The molecule has 0 unspecified atom stereocenters. The van der Waals surface area contributed by atoms with E-state index in [1.807, 2.05) is 0 Å². The maximum atomic E-state index is 12.2. The molecule has 1 aromatic rings. The summed E-state index contributed by atoms with van der Waals surface area (Å²) in [5.74, 6) is -1.20. The Bertz CT molecular complexity index is 294. The van der Waals surface area contributed by atoms with Crippen LogP contribution in [0.3, 0.4) is 0 Å². The van der Waals surface area contributed by atoms with Crippen LogP contribution in [0.4, 0.5) is 23.2 Å². The minimum absolute atomic E-state index is 0.259. The first-order valence-electron chi connectivity index (χ1n) is 2.89. The lowest BCUT2D eigenvalue weighted by molar-refractivity contribution is -0.137. The van der Waals surface area contributed by atoms with Gasteiger partial charge in [0, 0.05) is 6.07 Å². The number of alkyl halides is 3. The van der Waals surface area contributed by atoms with E-state index in [-0.39, 0.29) is 6.07 Å². The third kappa shape index (κ3) is 1.63. The summed E-state index contributed by atoms with van der Waals surface area (Å²) in [4.78, 5) is 2.96. The van der Waals surface area contributed by atoms with E-state index in [1.54, 1.807) is 0 Å². The lowest BCUT2D eigenvalue weighted by Crippen LogP contribution is -2.09. The minimum Gasteiger partial charge on any atom is -0.397 e. The van der Waals surface area contributed by atoms with E-state index in [0.29, 0.717) is 6.20 Å². The number of rotatable bonds is 0. The van der Waals surface area contributed by atoms with Gasteiger partial charge in [-0.3, -0.25) is 0 Å². The highest BCUT2D eigenvalue weighted by atomic mass is 19.4. The lowest BCUT2D eigenvalue weighted by atomic mass is 10.2. The number of pyridine rings is 1. The van der Waals surface area contributed by atoms with Crippen LogP contribution < -0.4 is 5.73 Å². The van der Waals surface area contributed by atoms with Crippen LogP contribution >= 0.6 is 0 Å². The Balaban J connectivity index is 3.23. The monoisotopic (exact) mass is 180 g/mol.